The molecule has 0 aromatic carbocycles. The van der Waals surface area contributed by atoms with E-state index in [0.29, 0.717) is 0 Å². The molecule has 6 unspecified atom stereocenters. The fraction of sp³-hybridized carbons (Fsp3) is 0.846. The van der Waals surface area contributed by atoms with Crippen LogP contribution >= 0.6 is 0 Å². The van der Waals surface area contributed by atoms with Crippen molar-refractivity contribution in [2.75, 3.05) is 13.1 Å². The summed E-state index contributed by atoms with van der Waals surface area (Å²) < 4.78 is 1.24. The molecular weight excluding hydrogens is 362 g/mol. The zero-order valence-electron chi connectivity index (χ0n) is 19.7. The lowest BCUT2D eigenvalue weighted by Crippen LogP contribution is -3.00. The molecule has 0 aromatic heterocycles. The zero-order valence-corrected chi connectivity index (χ0v) is 20.4. The zero-order chi connectivity index (χ0) is 20.2. The Kier molecular flexibility index (Phi) is 10.3. The second-order valence-electron chi connectivity index (χ2n) is 10.8. The van der Waals surface area contributed by atoms with Crippen LogP contribution in [0.15, 0.2) is 25.3 Å². The molecule has 2 saturated carbocycles. The van der Waals surface area contributed by atoms with Crippen LogP contribution < -0.4 is 12.4 Å². The van der Waals surface area contributed by atoms with Crippen molar-refractivity contribution in [1.29, 1.82) is 0 Å². The molecule has 2 fully saturated rings. The van der Waals surface area contributed by atoms with Gasteiger partial charge in [0.1, 0.15) is 0 Å². The first kappa shape index (κ1) is 25.8. The number of nitrogens with zero attached hydrogens (tertiary/aromatic N) is 1. The van der Waals surface area contributed by atoms with E-state index in [4.69, 9.17) is 0 Å². The quantitative estimate of drug-likeness (QED) is 0.418. The fourth-order valence-electron chi connectivity index (χ4n) is 6.83. The van der Waals surface area contributed by atoms with Gasteiger partial charge in [0.15, 0.2) is 0 Å². The first-order valence-electron chi connectivity index (χ1n) is 11.8. The van der Waals surface area contributed by atoms with Crippen molar-refractivity contribution in [2.45, 2.75) is 92.2 Å². The molecule has 0 bridgehead atoms. The molecule has 0 N–H and O–H groups in total. The summed E-state index contributed by atoms with van der Waals surface area (Å²) in [5, 5.41) is 0. The van der Waals surface area contributed by atoms with Crippen LogP contribution in [-0.4, -0.2) is 29.7 Å². The third-order valence-corrected chi connectivity index (χ3v) is 8.23. The van der Waals surface area contributed by atoms with Gasteiger partial charge in [-0.3, -0.25) is 0 Å². The van der Waals surface area contributed by atoms with Crippen LogP contribution in [0.4, 0.5) is 0 Å². The van der Waals surface area contributed by atoms with Crippen LogP contribution in [0.1, 0.15) is 80.1 Å². The molecule has 1 nitrogen and oxygen atoms in total. The highest BCUT2D eigenvalue weighted by molar-refractivity contribution is 4.91. The molecule has 2 aliphatic rings. The van der Waals surface area contributed by atoms with Gasteiger partial charge in [0.05, 0.1) is 25.2 Å². The summed E-state index contributed by atoms with van der Waals surface area (Å²) in [6, 6.07) is 1.53. The van der Waals surface area contributed by atoms with Crippen LogP contribution in [0.25, 0.3) is 0 Å². The van der Waals surface area contributed by atoms with Crippen molar-refractivity contribution >= 4 is 0 Å². The van der Waals surface area contributed by atoms with Gasteiger partial charge < -0.3 is 16.9 Å². The highest BCUT2D eigenvalue weighted by Gasteiger charge is 2.52. The maximum absolute atomic E-state index is 4.25. The van der Waals surface area contributed by atoms with Crippen molar-refractivity contribution in [2.24, 2.45) is 35.5 Å². The molecule has 0 radical (unpaired) electrons. The van der Waals surface area contributed by atoms with Crippen LogP contribution in [0, 0.1) is 35.5 Å². The minimum Gasteiger partial charge on any atom is -1.00 e. The molecule has 6 atom stereocenters. The standard InChI is InChI=1S/C26H48N.ClH/c1-9-15-27(16-10-2,25-17-21(7)11-13-23(25)19(3)4)26-18-22(8)12-14-24(26)20(5)6;/h9-10,19-26H,1-2,11-18H2,3-8H3;1H/q+1;/p-1. The Hall–Kier alpha value is -0.270. The third-order valence-electron chi connectivity index (χ3n) is 8.23. The van der Waals surface area contributed by atoms with E-state index in [2.05, 4.69) is 66.9 Å². The summed E-state index contributed by atoms with van der Waals surface area (Å²) in [7, 11) is 0. The van der Waals surface area contributed by atoms with Crippen LogP contribution in [0.2, 0.25) is 0 Å². The minimum absolute atomic E-state index is 0. The monoisotopic (exact) mass is 409 g/mol. The summed E-state index contributed by atoms with van der Waals surface area (Å²) in [6.45, 7) is 25.6. The molecule has 0 aromatic rings. The average Bonchev–Trinajstić information content (AvgIpc) is 2.60. The van der Waals surface area contributed by atoms with Crippen molar-refractivity contribution in [1.82, 2.24) is 0 Å². The molecule has 0 spiro atoms. The van der Waals surface area contributed by atoms with E-state index in [1.54, 1.807) is 0 Å². The van der Waals surface area contributed by atoms with Gasteiger partial charge >= 0.3 is 0 Å². The van der Waals surface area contributed by atoms with Crippen LogP contribution in [-0.2, 0) is 0 Å². The van der Waals surface area contributed by atoms with E-state index in [1.807, 2.05) is 0 Å². The van der Waals surface area contributed by atoms with E-state index in [1.165, 1.54) is 43.0 Å². The van der Waals surface area contributed by atoms with E-state index in [0.717, 1.165) is 60.7 Å². The van der Waals surface area contributed by atoms with Gasteiger partial charge in [0, 0.05) is 24.7 Å². The SMILES string of the molecule is C=CC[N+](CC=C)(C1CC(C)CCC1C(C)C)C1CC(C)CCC1C(C)C.[Cl-]. The van der Waals surface area contributed by atoms with Crippen molar-refractivity contribution < 1.29 is 16.9 Å². The van der Waals surface area contributed by atoms with Gasteiger partial charge in [0.2, 0.25) is 0 Å². The number of hydrogen-bond acceptors (Lipinski definition) is 0. The Morgan fingerprint density at radius 1 is 0.750 bits per heavy atom. The predicted octanol–water partition coefficient (Wildman–Crippen LogP) is 4.10. The number of quaternary nitrogens is 1. The molecule has 2 aliphatic carbocycles. The molecule has 0 aliphatic heterocycles. The molecule has 2 rings (SSSR count). The van der Waals surface area contributed by atoms with Crippen LogP contribution in [0.5, 0.6) is 0 Å². The summed E-state index contributed by atoms with van der Waals surface area (Å²) in [4.78, 5) is 0. The van der Waals surface area contributed by atoms with Crippen molar-refractivity contribution in [3.8, 4) is 0 Å². The first-order valence-corrected chi connectivity index (χ1v) is 11.8. The lowest BCUT2D eigenvalue weighted by atomic mass is 9.67. The summed E-state index contributed by atoms with van der Waals surface area (Å²) in [5.41, 5.74) is 0. The van der Waals surface area contributed by atoms with E-state index in [-0.39, 0.29) is 12.4 Å². The molecule has 2 heteroatoms. The lowest BCUT2D eigenvalue weighted by Gasteiger charge is -2.58. The second-order valence-corrected chi connectivity index (χ2v) is 10.8. The molecular formula is C26H48ClN. The Morgan fingerprint density at radius 2 is 1.11 bits per heavy atom. The molecule has 0 saturated heterocycles. The molecule has 0 amide bonds. The number of hydrogen-bond donors (Lipinski definition) is 0. The largest absolute Gasteiger partial charge is 1.00 e. The van der Waals surface area contributed by atoms with Crippen LogP contribution in [0.3, 0.4) is 0 Å². The van der Waals surface area contributed by atoms with Crippen molar-refractivity contribution in [3.63, 3.8) is 0 Å². The van der Waals surface area contributed by atoms with E-state index in [9.17, 15) is 0 Å². The first-order chi connectivity index (χ1) is 12.8. The summed E-state index contributed by atoms with van der Waals surface area (Å²) in [5.74, 6) is 4.94. The van der Waals surface area contributed by atoms with E-state index >= 15 is 0 Å². The topological polar surface area (TPSA) is 0 Å². The second kappa shape index (κ2) is 11.2. The fourth-order valence-corrected chi connectivity index (χ4v) is 6.83. The maximum atomic E-state index is 4.25. The minimum atomic E-state index is 0. The Balaban J connectivity index is 0.00000392. The van der Waals surface area contributed by atoms with Gasteiger partial charge in [0.25, 0.3) is 0 Å². The third kappa shape index (κ3) is 5.45. The maximum Gasteiger partial charge on any atom is 0.0977 e. The predicted molar refractivity (Wildman–Crippen MR) is 121 cm³/mol. The van der Waals surface area contributed by atoms with E-state index < -0.39 is 0 Å². The van der Waals surface area contributed by atoms with Gasteiger partial charge in [-0.15, -0.1) is 0 Å². The normalized spacial score (nSPS) is 34.1. The Labute approximate surface area is 183 Å². The Bertz CT molecular complexity index is 439. The summed E-state index contributed by atoms with van der Waals surface area (Å²) in [6.07, 6.45) is 12.9. The molecule has 0 heterocycles. The molecule has 28 heavy (non-hydrogen) atoms. The highest BCUT2D eigenvalue weighted by atomic mass is 35.5. The van der Waals surface area contributed by atoms with Gasteiger partial charge in [-0.1, -0.05) is 54.7 Å². The Morgan fingerprint density at radius 3 is 1.39 bits per heavy atom. The lowest BCUT2D eigenvalue weighted by molar-refractivity contribution is -0.974. The van der Waals surface area contributed by atoms with Gasteiger partial charge in [-0.05, 0) is 61.5 Å². The number of rotatable bonds is 8. The average molecular weight is 410 g/mol. The van der Waals surface area contributed by atoms with Gasteiger partial charge in [-0.25, -0.2) is 0 Å². The molecule has 164 valence electrons. The number of halogens is 1. The van der Waals surface area contributed by atoms with Crippen molar-refractivity contribution in [3.05, 3.63) is 25.3 Å². The van der Waals surface area contributed by atoms with Gasteiger partial charge in [-0.2, -0.15) is 0 Å². The summed E-state index contributed by atoms with van der Waals surface area (Å²) >= 11 is 0. The smallest absolute Gasteiger partial charge is 0.0977 e. The highest BCUT2D eigenvalue weighted by Crippen LogP contribution is 2.47.